The number of benzene rings is 1. The van der Waals surface area contributed by atoms with Crippen molar-refractivity contribution in [2.45, 2.75) is 45.5 Å². The number of hydrogen-bond donors (Lipinski definition) is 0. The summed E-state index contributed by atoms with van der Waals surface area (Å²) < 4.78 is 19.6. The zero-order valence-corrected chi connectivity index (χ0v) is 13.7. The Hall–Kier alpha value is -0.193. The third-order valence-corrected chi connectivity index (χ3v) is 8.48. The lowest BCUT2D eigenvalue weighted by molar-refractivity contribution is 0.276. The van der Waals surface area contributed by atoms with Crippen LogP contribution in [0.15, 0.2) is 22.7 Å². The van der Waals surface area contributed by atoms with E-state index in [4.69, 9.17) is 4.43 Å². The summed E-state index contributed by atoms with van der Waals surface area (Å²) in [5, 5.41) is 0.199. The van der Waals surface area contributed by atoms with Crippen LogP contribution < -0.4 is 0 Å². The Morgan fingerprint density at radius 1 is 1.29 bits per heavy atom. The van der Waals surface area contributed by atoms with Gasteiger partial charge in [0.25, 0.3) is 0 Å². The first-order valence-electron chi connectivity index (χ1n) is 5.71. The Balaban J connectivity index is 2.71. The van der Waals surface area contributed by atoms with Crippen LogP contribution in [0.25, 0.3) is 0 Å². The van der Waals surface area contributed by atoms with E-state index in [0.717, 1.165) is 5.56 Å². The summed E-state index contributed by atoms with van der Waals surface area (Å²) in [6.07, 6.45) is 0. The van der Waals surface area contributed by atoms with Gasteiger partial charge in [0.15, 0.2) is 8.32 Å². The molecule has 0 aliphatic rings. The molecule has 96 valence electrons. The fraction of sp³-hybridized carbons (Fsp3) is 0.538. The molecule has 0 radical (unpaired) electrons. The zero-order valence-electron chi connectivity index (χ0n) is 11.1. The minimum atomic E-state index is -1.73. The number of rotatable bonds is 3. The molecule has 0 aliphatic heterocycles. The van der Waals surface area contributed by atoms with Crippen LogP contribution in [0.1, 0.15) is 26.3 Å². The van der Waals surface area contributed by atoms with Gasteiger partial charge in [0.1, 0.15) is 5.82 Å². The van der Waals surface area contributed by atoms with E-state index in [1.807, 2.05) is 0 Å². The molecule has 0 unspecified atom stereocenters. The molecule has 0 fully saturated rings. The molecule has 0 N–H and O–H groups in total. The summed E-state index contributed by atoms with van der Waals surface area (Å²) in [7, 11) is -1.73. The molecule has 0 spiro atoms. The van der Waals surface area contributed by atoms with Gasteiger partial charge in [0.05, 0.1) is 11.1 Å². The molecule has 4 heteroatoms. The number of halogens is 2. The summed E-state index contributed by atoms with van der Waals surface area (Å²) in [5.41, 5.74) is 1.00. The van der Waals surface area contributed by atoms with Gasteiger partial charge in [-0.15, -0.1) is 0 Å². The average molecular weight is 319 g/mol. The first kappa shape index (κ1) is 14.9. The van der Waals surface area contributed by atoms with Gasteiger partial charge in [-0.1, -0.05) is 26.8 Å². The van der Waals surface area contributed by atoms with Crippen molar-refractivity contribution < 1.29 is 8.82 Å². The maximum absolute atomic E-state index is 13.1. The van der Waals surface area contributed by atoms with Gasteiger partial charge >= 0.3 is 0 Å². The fourth-order valence-corrected chi connectivity index (χ4v) is 2.50. The highest BCUT2D eigenvalue weighted by atomic mass is 79.9. The van der Waals surface area contributed by atoms with Crippen molar-refractivity contribution >= 4 is 24.2 Å². The molecule has 17 heavy (non-hydrogen) atoms. The molecule has 0 aromatic heterocycles. The van der Waals surface area contributed by atoms with E-state index in [9.17, 15) is 4.39 Å². The van der Waals surface area contributed by atoms with Crippen LogP contribution in [-0.2, 0) is 11.0 Å². The molecule has 0 heterocycles. The smallest absolute Gasteiger partial charge is 0.192 e. The van der Waals surface area contributed by atoms with E-state index in [1.54, 1.807) is 12.1 Å². The van der Waals surface area contributed by atoms with Crippen LogP contribution in [0.4, 0.5) is 4.39 Å². The molecule has 0 saturated heterocycles. The maximum atomic E-state index is 13.1. The summed E-state index contributed by atoms with van der Waals surface area (Å²) in [6, 6.07) is 5.02. The topological polar surface area (TPSA) is 9.23 Å². The quantitative estimate of drug-likeness (QED) is 0.704. The van der Waals surface area contributed by atoms with Crippen LogP contribution in [0.2, 0.25) is 18.1 Å². The first-order chi connectivity index (χ1) is 7.63. The molecule has 0 atom stereocenters. The molecule has 0 bridgehead atoms. The second-order valence-corrected chi connectivity index (χ2v) is 11.5. The van der Waals surface area contributed by atoms with Gasteiger partial charge in [0.2, 0.25) is 0 Å². The van der Waals surface area contributed by atoms with E-state index in [0.29, 0.717) is 11.1 Å². The molecule has 0 aliphatic carbocycles. The molecule has 1 aromatic rings. The zero-order chi connectivity index (χ0) is 13.3. The van der Waals surface area contributed by atoms with Crippen LogP contribution in [0.5, 0.6) is 0 Å². The Labute approximate surface area is 113 Å². The van der Waals surface area contributed by atoms with Crippen molar-refractivity contribution in [2.75, 3.05) is 0 Å². The van der Waals surface area contributed by atoms with Gasteiger partial charge < -0.3 is 4.43 Å². The minimum Gasteiger partial charge on any atom is -0.413 e. The monoisotopic (exact) mass is 318 g/mol. The second-order valence-electron chi connectivity index (χ2n) is 5.80. The predicted molar refractivity (Wildman–Crippen MR) is 76.1 cm³/mol. The van der Waals surface area contributed by atoms with E-state index < -0.39 is 8.32 Å². The van der Waals surface area contributed by atoms with E-state index in [1.165, 1.54) is 6.07 Å². The lowest BCUT2D eigenvalue weighted by atomic mass is 10.2. The van der Waals surface area contributed by atoms with Crippen LogP contribution in [0.3, 0.4) is 0 Å². The highest BCUT2D eigenvalue weighted by Gasteiger charge is 2.36. The summed E-state index contributed by atoms with van der Waals surface area (Å²) in [5.74, 6) is -0.235. The third kappa shape index (κ3) is 3.90. The Morgan fingerprint density at radius 2 is 1.88 bits per heavy atom. The van der Waals surface area contributed by atoms with E-state index in [2.05, 4.69) is 49.8 Å². The fourth-order valence-electron chi connectivity index (χ4n) is 1.11. The number of hydrogen-bond acceptors (Lipinski definition) is 1. The Bertz CT molecular complexity index is 399. The largest absolute Gasteiger partial charge is 0.413 e. The Kier molecular flexibility index (Phi) is 4.55. The molecular formula is C13H20BrFOSi. The molecule has 1 nitrogen and oxygen atoms in total. The lowest BCUT2D eigenvalue weighted by Gasteiger charge is -2.36. The van der Waals surface area contributed by atoms with Crippen molar-refractivity contribution in [1.82, 2.24) is 0 Å². The van der Waals surface area contributed by atoms with Crippen molar-refractivity contribution in [2.24, 2.45) is 0 Å². The maximum Gasteiger partial charge on any atom is 0.192 e. The van der Waals surface area contributed by atoms with Crippen LogP contribution in [-0.4, -0.2) is 8.32 Å². The lowest BCUT2D eigenvalue weighted by Crippen LogP contribution is -2.40. The van der Waals surface area contributed by atoms with Gasteiger partial charge in [-0.25, -0.2) is 4.39 Å². The van der Waals surface area contributed by atoms with Crippen LogP contribution in [0, 0.1) is 5.82 Å². The minimum absolute atomic E-state index is 0.199. The molecular weight excluding hydrogens is 299 g/mol. The summed E-state index contributed by atoms with van der Waals surface area (Å²) in [6.45, 7) is 11.6. The van der Waals surface area contributed by atoms with Gasteiger partial charge in [-0.05, 0) is 51.8 Å². The summed E-state index contributed by atoms with van der Waals surface area (Å²) >= 11 is 3.19. The van der Waals surface area contributed by atoms with Crippen molar-refractivity contribution in [3.05, 3.63) is 34.1 Å². The molecule has 0 amide bonds. The van der Waals surface area contributed by atoms with Crippen molar-refractivity contribution in [1.29, 1.82) is 0 Å². The second kappa shape index (κ2) is 5.20. The predicted octanol–water partition coefficient (Wildman–Crippen LogP) is 5.11. The average Bonchev–Trinajstić information content (AvgIpc) is 2.18. The third-order valence-electron chi connectivity index (χ3n) is 3.39. The highest BCUT2D eigenvalue weighted by Crippen LogP contribution is 2.37. The molecule has 1 rings (SSSR count). The van der Waals surface area contributed by atoms with Gasteiger partial charge in [-0.2, -0.15) is 0 Å². The molecule has 1 aromatic carbocycles. The van der Waals surface area contributed by atoms with E-state index >= 15 is 0 Å². The standard InChI is InChI=1S/C13H20BrFOSi/c1-13(2,3)17(4,5)16-9-10-6-7-12(15)11(14)8-10/h6-8H,9H2,1-5H3. The normalized spacial score (nSPS) is 12.9. The van der Waals surface area contributed by atoms with Crippen LogP contribution >= 0.6 is 15.9 Å². The van der Waals surface area contributed by atoms with Crippen molar-refractivity contribution in [3.63, 3.8) is 0 Å². The van der Waals surface area contributed by atoms with Gasteiger partial charge in [-0.3, -0.25) is 0 Å². The van der Waals surface area contributed by atoms with Crippen molar-refractivity contribution in [3.8, 4) is 0 Å². The van der Waals surface area contributed by atoms with E-state index in [-0.39, 0.29) is 10.9 Å². The SMILES string of the molecule is CC(C)(C)[Si](C)(C)OCc1ccc(F)c(Br)c1. The molecule has 0 saturated carbocycles. The summed E-state index contributed by atoms with van der Waals surface area (Å²) in [4.78, 5) is 0. The highest BCUT2D eigenvalue weighted by molar-refractivity contribution is 9.10. The Morgan fingerprint density at radius 3 is 2.35 bits per heavy atom. The van der Waals surface area contributed by atoms with Gasteiger partial charge in [0, 0.05) is 0 Å². The first-order valence-corrected chi connectivity index (χ1v) is 9.41.